The number of nitrogens with zero attached hydrogens (tertiary/aromatic N) is 1. The van der Waals surface area contributed by atoms with E-state index >= 15 is 0 Å². The highest BCUT2D eigenvalue weighted by Gasteiger charge is 2.28. The van der Waals surface area contributed by atoms with Gasteiger partial charge in [-0.05, 0) is 12.1 Å². The Hall–Kier alpha value is -2.25. The molecule has 2 N–H and O–H groups in total. The number of rotatable bonds is 2. The molecule has 2 heterocycles. The number of carbonyl (C=O) groups excluding carboxylic acids is 1. The van der Waals surface area contributed by atoms with Crippen LogP contribution < -0.4 is 15.2 Å². The number of hydrogen-bond donors (Lipinski definition) is 1. The van der Waals surface area contributed by atoms with Gasteiger partial charge in [0.1, 0.15) is 5.69 Å². The average Bonchev–Trinajstić information content (AvgIpc) is 3.04. The van der Waals surface area contributed by atoms with Crippen LogP contribution in [0.15, 0.2) is 12.1 Å². The highest BCUT2D eigenvalue weighted by molar-refractivity contribution is 6.36. The second kappa shape index (κ2) is 5.75. The molecule has 1 aliphatic rings. The van der Waals surface area contributed by atoms with E-state index in [1.54, 1.807) is 0 Å². The van der Waals surface area contributed by atoms with Crippen molar-refractivity contribution in [3.05, 3.63) is 33.7 Å². The molecule has 0 spiro atoms. The fourth-order valence-corrected chi connectivity index (χ4v) is 2.53. The molecular formula is C14H9Cl2FN2O4. The van der Waals surface area contributed by atoms with Gasteiger partial charge < -0.3 is 19.9 Å². The van der Waals surface area contributed by atoms with Crippen LogP contribution in [0.3, 0.4) is 0 Å². The van der Waals surface area contributed by atoms with Gasteiger partial charge in [0.15, 0.2) is 23.0 Å². The van der Waals surface area contributed by atoms with Crippen LogP contribution in [0.5, 0.6) is 11.5 Å². The summed E-state index contributed by atoms with van der Waals surface area (Å²) in [6.45, 7) is -0.0688. The Kier molecular flexibility index (Phi) is 3.91. The fraction of sp³-hybridized carbons (Fsp3) is 0.143. The van der Waals surface area contributed by atoms with Gasteiger partial charge in [-0.25, -0.2) is 14.2 Å². The zero-order valence-corrected chi connectivity index (χ0v) is 13.2. The van der Waals surface area contributed by atoms with E-state index in [9.17, 15) is 9.18 Å². The number of pyridine rings is 1. The third kappa shape index (κ3) is 2.42. The van der Waals surface area contributed by atoms with Crippen LogP contribution in [0.25, 0.3) is 11.3 Å². The first kappa shape index (κ1) is 15.6. The summed E-state index contributed by atoms with van der Waals surface area (Å²) >= 11 is 11.9. The Labute approximate surface area is 139 Å². The zero-order valence-electron chi connectivity index (χ0n) is 11.7. The first-order valence-corrected chi connectivity index (χ1v) is 7.02. The molecule has 0 aliphatic carbocycles. The normalized spacial score (nSPS) is 12.3. The number of anilines is 1. The fourth-order valence-electron chi connectivity index (χ4n) is 2.12. The highest BCUT2D eigenvalue weighted by Crippen LogP contribution is 2.46. The summed E-state index contributed by atoms with van der Waals surface area (Å²) < 4.78 is 29.6. The van der Waals surface area contributed by atoms with Gasteiger partial charge in [-0.2, -0.15) is 0 Å². The number of hydrogen-bond acceptors (Lipinski definition) is 6. The molecule has 0 atom stereocenters. The van der Waals surface area contributed by atoms with Gasteiger partial charge in [0, 0.05) is 5.56 Å². The summed E-state index contributed by atoms with van der Waals surface area (Å²) in [5, 5.41) is -0.0161. The molecule has 0 fully saturated rings. The molecule has 6 nitrogen and oxygen atoms in total. The van der Waals surface area contributed by atoms with E-state index in [4.69, 9.17) is 38.4 Å². The van der Waals surface area contributed by atoms with Crippen molar-refractivity contribution in [3.63, 3.8) is 0 Å². The minimum Gasteiger partial charge on any atom is -0.464 e. The largest absolute Gasteiger partial charge is 0.464 e. The van der Waals surface area contributed by atoms with Gasteiger partial charge in [-0.3, -0.25) is 0 Å². The van der Waals surface area contributed by atoms with Crippen molar-refractivity contribution in [2.75, 3.05) is 19.6 Å². The Morgan fingerprint density at radius 2 is 2.04 bits per heavy atom. The summed E-state index contributed by atoms with van der Waals surface area (Å²) in [5.74, 6) is -1.26. The number of methoxy groups -OCH3 is 1. The molecule has 23 heavy (non-hydrogen) atoms. The summed E-state index contributed by atoms with van der Waals surface area (Å²) in [6, 6.07) is 2.98. The maximum absolute atomic E-state index is 14.5. The zero-order chi connectivity index (χ0) is 16.7. The topological polar surface area (TPSA) is 83.7 Å². The lowest BCUT2D eigenvalue weighted by Gasteiger charge is -2.12. The minimum absolute atomic E-state index is 0.0688. The summed E-state index contributed by atoms with van der Waals surface area (Å²) in [6.07, 6.45) is 0. The molecule has 0 radical (unpaired) electrons. The average molecular weight is 359 g/mol. The van der Waals surface area contributed by atoms with Gasteiger partial charge in [0.05, 0.1) is 22.8 Å². The number of ether oxygens (including phenoxy) is 3. The summed E-state index contributed by atoms with van der Waals surface area (Å²) in [4.78, 5) is 15.7. The van der Waals surface area contributed by atoms with Gasteiger partial charge in [-0.15, -0.1) is 0 Å². The lowest BCUT2D eigenvalue weighted by Crippen LogP contribution is -2.10. The molecule has 120 valence electrons. The molecule has 1 aromatic heterocycles. The third-order valence-electron chi connectivity index (χ3n) is 3.22. The first-order chi connectivity index (χ1) is 11.0. The van der Waals surface area contributed by atoms with E-state index in [0.717, 1.165) is 7.11 Å². The first-order valence-electron chi connectivity index (χ1n) is 6.27. The molecule has 0 bridgehead atoms. The third-order valence-corrected chi connectivity index (χ3v) is 3.90. The van der Waals surface area contributed by atoms with E-state index in [1.165, 1.54) is 12.1 Å². The second-order valence-electron chi connectivity index (χ2n) is 4.50. The monoisotopic (exact) mass is 358 g/mol. The molecule has 3 rings (SSSR count). The van der Waals surface area contributed by atoms with Gasteiger partial charge in [0.2, 0.25) is 6.79 Å². The molecular weight excluding hydrogens is 350 g/mol. The van der Waals surface area contributed by atoms with E-state index in [2.05, 4.69) is 9.72 Å². The predicted molar refractivity (Wildman–Crippen MR) is 81.5 cm³/mol. The van der Waals surface area contributed by atoms with Crippen LogP contribution in [0.1, 0.15) is 10.5 Å². The lowest BCUT2D eigenvalue weighted by atomic mass is 10.1. The maximum Gasteiger partial charge on any atom is 0.358 e. The summed E-state index contributed by atoms with van der Waals surface area (Å²) in [7, 11) is 1.15. The van der Waals surface area contributed by atoms with Crippen LogP contribution in [-0.2, 0) is 4.74 Å². The Morgan fingerprint density at radius 3 is 2.74 bits per heavy atom. The standard InChI is InChI=1S/C14H9Cl2FN2O4/c1-21-14(20)11-7(16)9(18)8(17)10(19-11)5-2-3-6(15)13-12(5)22-4-23-13/h2-3H,4H2,1H3,(H2,18,19). The quantitative estimate of drug-likeness (QED) is 0.829. The van der Waals surface area contributed by atoms with Crippen LogP contribution >= 0.6 is 23.2 Å². The molecule has 1 aromatic carbocycles. The number of fused-ring (bicyclic) bond motifs is 1. The van der Waals surface area contributed by atoms with Gasteiger partial charge >= 0.3 is 5.97 Å². The van der Waals surface area contributed by atoms with E-state index in [-0.39, 0.29) is 40.3 Å². The van der Waals surface area contributed by atoms with Crippen LogP contribution in [0.2, 0.25) is 10.0 Å². The SMILES string of the molecule is COC(=O)c1nc(-c2ccc(Cl)c3c2OCO3)c(F)c(N)c1Cl. The molecule has 0 amide bonds. The predicted octanol–water partition coefficient (Wildman–Crippen LogP) is 3.29. The molecule has 9 heteroatoms. The van der Waals surface area contributed by atoms with Crippen LogP contribution in [0.4, 0.5) is 10.1 Å². The van der Waals surface area contributed by atoms with Gasteiger partial charge in [0.25, 0.3) is 0 Å². The van der Waals surface area contributed by atoms with Crippen molar-refractivity contribution in [1.29, 1.82) is 0 Å². The van der Waals surface area contributed by atoms with Crippen LogP contribution in [-0.4, -0.2) is 24.9 Å². The van der Waals surface area contributed by atoms with Crippen molar-refractivity contribution in [2.45, 2.75) is 0 Å². The summed E-state index contributed by atoms with van der Waals surface area (Å²) in [5.41, 5.74) is 4.93. The van der Waals surface area contributed by atoms with E-state index < -0.39 is 17.5 Å². The Balaban J connectivity index is 2.28. The molecule has 0 saturated carbocycles. The van der Waals surface area contributed by atoms with E-state index in [1.807, 2.05) is 0 Å². The van der Waals surface area contributed by atoms with Crippen molar-refractivity contribution < 1.29 is 23.4 Å². The van der Waals surface area contributed by atoms with Gasteiger partial charge in [-0.1, -0.05) is 23.2 Å². The Bertz CT molecular complexity index is 829. The second-order valence-corrected chi connectivity index (χ2v) is 5.29. The van der Waals surface area contributed by atoms with Crippen molar-refractivity contribution >= 4 is 34.9 Å². The van der Waals surface area contributed by atoms with E-state index in [0.29, 0.717) is 5.02 Å². The van der Waals surface area contributed by atoms with Crippen molar-refractivity contribution in [3.8, 4) is 22.8 Å². The molecule has 0 saturated heterocycles. The smallest absolute Gasteiger partial charge is 0.358 e. The molecule has 2 aromatic rings. The number of aromatic nitrogens is 1. The number of nitrogens with two attached hydrogens (primary N) is 1. The number of esters is 1. The van der Waals surface area contributed by atoms with Crippen molar-refractivity contribution in [1.82, 2.24) is 4.98 Å². The Morgan fingerprint density at radius 1 is 1.35 bits per heavy atom. The number of benzene rings is 1. The maximum atomic E-state index is 14.5. The minimum atomic E-state index is -0.886. The lowest BCUT2D eigenvalue weighted by molar-refractivity contribution is 0.0594. The van der Waals surface area contributed by atoms with Crippen LogP contribution in [0, 0.1) is 5.82 Å². The van der Waals surface area contributed by atoms with Crippen molar-refractivity contribution in [2.24, 2.45) is 0 Å². The number of nitrogen functional groups attached to an aromatic ring is 1. The number of carbonyl (C=O) groups is 1. The molecule has 0 unspecified atom stereocenters. The molecule has 1 aliphatic heterocycles. The number of halogens is 3. The highest BCUT2D eigenvalue weighted by atomic mass is 35.5.